The number of carbonyl (C=O) groups excluding carboxylic acids is 1. The lowest BCUT2D eigenvalue weighted by Crippen LogP contribution is -2.24. The molecule has 3 rings (SSSR count). The fourth-order valence-corrected chi connectivity index (χ4v) is 3.05. The van der Waals surface area contributed by atoms with Gasteiger partial charge in [-0.15, -0.1) is 15.3 Å². The van der Waals surface area contributed by atoms with Crippen molar-refractivity contribution in [1.29, 1.82) is 0 Å². The van der Waals surface area contributed by atoms with Crippen molar-refractivity contribution in [2.75, 3.05) is 25.1 Å². The lowest BCUT2D eigenvalue weighted by Gasteiger charge is -2.19. The third-order valence-corrected chi connectivity index (χ3v) is 4.64. The van der Waals surface area contributed by atoms with Crippen molar-refractivity contribution in [3.63, 3.8) is 0 Å². The number of benzene rings is 1. The van der Waals surface area contributed by atoms with Crippen molar-refractivity contribution in [1.82, 2.24) is 25.1 Å². The number of aryl methyl sites for hydroxylation is 1. The summed E-state index contributed by atoms with van der Waals surface area (Å²) in [6.07, 6.45) is 0.779. The molecule has 0 unspecified atom stereocenters. The summed E-state index contributed by atoms with van der Waals surface area (Å²) in [6.45, 7) is 6.35. The second-order valence-corrected chi connectivity index (χ2v) is 6.34. The molecule has 0 spiro atoms. The molecular weight excluding hydrogens is 356 g/mol. The predicted molar refractivity (Wildman–Crippen MR) is 108 cm³/mol. The Labute approximate surface area is 164 Å². The van der Waals surface area contributed by atoms with E-state index in [0.717, 1.165) is 30.2 Å². The Morgan fingerprint density at radius 3 is 2.68 bits per heavy atom. The van der Waals surface area contributed by atoms with Crippen LogP contribution in [0.25, 0.3) is 5.65 Å². The molecule has 2 heterocycles. The van der Waals surface area contributed by atoms with Gasteiger partial charge in [-0.25, -0.2) is 0 Å². The highest BCUT2D eigenvalue weighted by Gasteiger charge is 2.12. The summed E-state index contributed by atoms with van der Waals surface area (Å²) in [5, 5.41) is 15.9. The number of methoxy groups -OCH3 is 1. The van der Waals surface area contributed by atoms with Crippen LogP contribution >= 0.6 is 0 Å². The van der Waals surface area contributed by atoms with Crippen LogP contribution in [0.3, 0.4) is 0 Å². The zero-order valence-corrected chi connectivity index (χ0v) is 16.6. The first-order chi connectivity index (χ1) is 13.7. The Morgan fingerprint density at radius 1 is 1.14 bits per heavy atom. The summed E-state index contributed by atoms with van der Waals surface area (Å²) in [5.41, 5.74) is 1.62. The minimum absolute atomic E-state index is 0.0532. The first-order valence-electron chi connectivity index (χ1n) is 9.51. The van der Waals surface area contributed by atoms with Gasteiger partial charge >= 0.3 is 0 Å². The minimum atomic E-state index is -0.0532. The van der Waals surface area contributed by atoms with Crippen LogP contribution in [0.5, 0.6) is 5.75 Å². The van der Waals surface area contributed by atoms with Gasteiger partial charge in [0.25, 0.3) is 0 Å². The number of carbonyl (C=O) groups is 1. The van der Waals surface area contributed by atoms with Crippen molar-refractivity contribution in [3.8, 4) is 5.75 Å². The zero-order valence-electron chi connectivity index (χ0n) is 16.6. The second-order valence-electron chi connectivity index (χ2n) is 6.34. The van der Waals surface area contributed by atoms with E-state index < -0.39 is 0 Å². The van der Waals surface area contributed by atoms with E-state index >= 15 is 0 Å². The van der Waals surface area contributed by atoms with E-state index in [-0.39, 0.29) is 5.91 Å². The molecule has 1 amide bonds. The SMILES string of the molecule is CCN(CC)c1ccc2nnc(CCC(=O)NCc3ccccc3OC)n2n1. The average molecular weight is 382 g/mol. The molecule has 8 nitrogen and oxygen atoms in total. The van der Waals surface area contributed by atoms with Gasteiger partial charge in [0.15, 0.2) is 11.5 Å². The number of anilines is 1. The van der Waals surface area contributed by atoms with Crippen LogP contribution in [-0.2, 0) is 17.8 Å². The molecule has 2 aromatic heterocycles. The second kappa shape index (κ2) is 9.16. The van der Waals surface area contributed by atoms with Gasteiger partial charge in [-0.2, -0.15) is 4.52 Å². The molecule has 0 radical (unpaired) electrons. The highest BCUT2D eigenvalue weighted by Crippen LogP contribution is 2.17. The molecule has 3 aromatic rings. The predicted octanol–water partition coefficient (Wildman–Crippen LogP) is 2.23. The van der Waals surface area contributed by atoms with E-state index in [1.165, 1.54) is 0 Å². The maximum absolute atomic E-state index is 12.3. The highest BCUT2D eigenvalue weighted by molar-refractivity contribution is 5.76. The number of rotatable bonds is 9. The number of nitrogens with zero attached hydrogens (tertiary/aromatic N) is 5. The van der Waals surface area contributed by atoms with Gasteiger partial charge in [0, 0.05) is 38.0 Å². The van der Waals surface area contributed by atoms with E-state index in [4.69, 9.17) is 4.74 Å². The van der Waals surface area contributed by atoms with Crippen LogP contribution in [0, 0.1) is 0 Å². The number of aromatic nitrogens is 4. The number of hydrogen-bond acceptors (Lipinski definition) is 6. The van der Waals surface area contributed by atoms with Crippen LogP contribution in [0.4, 0.5) is 5.82 Å². The van der Waals surface area contributed by atoms with Crippen LogP contribution in [0.2, 0.25) is 0 Å². The molecule has 0 aliphatic heterocycles. The van der Waals surface area contributed by atoms with Gasteiger partial charge < -0.3 is 15.0 Å². The average Bonchev–Trinajstić information content (AvgIpc) is 3.14. The van der Waals surface area contributed by atoms with Crippen molar-refractivity contribution in [2.24, 2.45) is 0 Å². The van der Waals surface area contributed by atoms with E-state index in [9.17, 15) is 4.79 Å². The van der Waals surface area contributed by atoms with Gasteiger partial charge in [0.1, 0.15) is 11.6 Å². The number of fused-ring (bicyclic) bond motifs is 1. The molecule has 0 atom stereocenters. The van der Waals surface area contributed by atoms with Crippen LogP contribution in [0.1, 0.15) is 31.7 Å². The molecule has 0 saturated carbocycles. The molecule has 28 heavy (non-hydrogen) atoms. The maximum Gasteiger partial charge on any atom is 0.220 e. The Kier molecular flexibility index (Phi) is 6.41. The topological polar surface area (TPSA) is 84.7 Å². The highest BCUT2D eigenvalue weighted by atomic mass is 16.5. The van der Waals surface area contributed by atoms with Crippen molar-refractivity contribution < 1.29 is 9.53 Å². The summed E-state index contributed by atoms with van der Waals surface area (Å²) in [6, 6.07) is 11.5. The molecule has 0 bridgehead atoms. The summed E-state index contributed by atoms with van der Waals surface area (Å²) < 4.78 is 7.03. The fourth-order valence-electron chi connectivity index (χ4n) is 3.05. The third kappa shape index (κ3) is 4.39. The normalized spacial score (nSPS) is 10.8. The molecule has 148 valence electrons. The van der Waals surface area contributed by atoms with Crippen LogP contribution in [-0.4, -0.2) is 45.9 Å². The molecular formula is C20H26N6O2. The quantitative estimate of drug-likeness (QED) is 0.611. The van der Waals surface area contributed by atoms with Gasteiger partial charge in [0.2, 0.25) is 5.91 Å². The molecule has 0 aliphatic carbocycles. The first-order valence-corrected chi connectivity index (χ1v) is 9.51. The number of nitrogens with one attached hydrogen (secondary N) is 1. The number of amides is 1. The Hall–Kier alpha value is -3.16. The largest absolute Gasteiger partial charge is 0.496 e. The lowest BCUT2D eigenvalue weighted by atomic mass is 10.2. The standard InChI is InChI=1S/C20H26N6O2/c1-4-25(5-2)19-11-10-17-22-23-18(26(17)24-19)12-13-20(27)21-14-15-8-6-7-9-16(15)28-3/h6-11H,4-5,12-14H2,1-3H3,(H,21,27). The zero-order chi connectivity index (χ0) is 19.9. The summed E-state index contributed by atoms with van der Waals surface area (Å²) in [7, 11) is 1.62. The van der Waals surface area contributed by atoms with Gasteiger partial charge in [0.05, 0.1) is 7.11 Å². The Morgan fingerprint density at radius 2 is 1.93 bits per heavy atom. The minimum Gasteiger partial charge on any atom is -0.496 e. The van der Waals surface area contributed by atoms with Gasteiger partial charge in [-0.1, -0.05) is 18.2 Å². The van der Waals surface area contributed by atoms with Crippen molar-refractivity contribution in [3.05, 3.63) is 47.8 Å². The van der Waals surface area contributed by atoms with E-state index in [0.29, 0.717) is 30.9 Å². The monoisotopic (exact) mass is 382 g/mol. The molecule has 1 aromatic carbocycles. The lowest BCUT2D eigenvalue weighted by molar-refractivity contribution is -0.121. The number of hydrogen-bond donors (Lipinski definition) is 1. The van der Waals surface area contributed by atoms with E-state index in [1.807, 2.05) is 36.4 Å². The van der Waals surface area contributed by atoms with Gasteiger partial charge in [-0.05, 0) is 32.0 Å². The van der Waals surface area contributed by atoms with E-state index in [1.54, 1.807) is 11.6 Å². The number of ether oxygens (including phenoxy) is 1. The summed E-state index contributed by atoms with van der Waals surface area (Å²) in [4.78, 5) is 14.4. The fraction of sp³-hybridized carbons (Fsp3) is 0.400. The third-order valence-electron chi connectivity index (χ3n) is 4.64. The van der Waals surface area contributed by atoms with Crippen molar-refractivity contribution in [2.45, 2.75) is 33.2 Å². The molecule has 0 aliphatic rings. The molecule has 0 saturated heterocycles. The van der Waals surface area contributed by atoms with Crippen LogP contribution < -0.4 is 15.0 Å². The van der Waals surface area contributed by atoms with Crippen LogP contribution in [0.15, 0.2) is 36.4 Å². The van der Waals surface area contributed by atoms with Gasteiger partial charge in [-0.3, -0.25) is 4.79 Å². The summed E-state index contributed by atoms with van der Waals surface area (Å²) in [5.74, 6) is 2.26. The molecule has 0 fully saturated rings. The Bertz CT molecular complexity index is 935. The summed E-state index contributed by atoms with van der Waals surface area (Å²) >= 11 is 0. The Balaban J connectivity index is 1.63. The first kappa shape index (κ1) is 19.6. The number of para-hydroxylation sites is 1. The van der Waals surface area contributed by atoms with Crippen molar-refractivity contribution >= 4 is 17.4 Å². The molecule has 8 heteroatoms. The molecule has 1 N–H and O–H groups in total. The smallest absolute Gasteiger partial charge is 0.220 e. The van der Waals surface area contributed by atoms with E-state index in [2.05, 4.69) is 39.4 Å². The maximum atomic E-state index is 12.3.